The van der Waals surface area contributed by atoms with Crippen LogP contribution in [0.15, 0.2) is 18.2 Å². The van der Waals surface area contributed by atoms with Crippen LogP contribution in [-0.4, -0.2) is 37.8 Å². The number of amides is 2. The van der Waals surface area contributed by atoms with E-state index in [-0.39, 0.29) is 17.9 Å². The molecule has 2 N–H and O–H groups in total. The molecule has 1 aliphatic carbocycles. The van der Waals surface area contributed by atoms with Gasteiger partial charge in [-0.3, -0.25) is 10.1 Å². The molecule has 1 aromatic carbocycles. The van der Waals surface area contributed by atoms with Gasteiger partial charge in [0.2, 0.25) is 0 Å². The zero-order valence-corrected chi connectivity index (χ0v) is 17.6. The minimum absolute atomic E-state index is 0.130. The number of esters is 1. The summed E-state index contributed by atoms with van der Waals surface area (Å²) in [6.45, 7) is 2.53. The molecule has 8 nitrogen and oxygen atoms in total. The van der Waals surface area contributed by atoms with Crippen LogP contribution in [0.4, 0.5) is 9.93 Å². The molecule has 1 heterocycles. The first-order valence-electron chi connectivity index (χ1n) is 9.45. The second-order valence-corrected chi connectivity index (χ2v) is 7.66. The summed E-state index contributed by atoms with van der Waals surface area (Å²) in [7, 11) is 3.14. The monoisotopic (exact) mass is 419 g/mol. The molecule has 0 radical (unpaired) electrons. The second-order valence-electron chi connectivity index (χ2n) is 6.58. The number of benzene rings is 1. The maximum Gasteiger partial charge on any atom is 0.321 e. The van der Waals surface area contributed by atoms with E-state index >= 15 is 0 Å². The van der Waals surface area contributed by atoms with Crippen molar-refractivity contribution in [1.82, 2.24) is 10.3 Å². The van der Waals surface area contributed by atoms with Crippen LogP contribution in [0.3, 0.4) is 0 Å². The van der Waals surface area contributed by atoms with Crippen molar-refractivity contribution in [3.05, 3.63) is 34.3 Å². The third kappa shape index (κ3) is 5.17. The Morgan fingerprint density at radius 1 is 1.24 bits per heavy atom. The van der Waals surface area contributed by atoms with Gasteiger partial charge in [0.15, 0.2) is 16.6 Å². The minimum Gasteiger partial charge on any atom is -0.493 e. The van der Waals surface area contributed by atoms with Gasteiger partial charge in [0.1, 0.15) is 0 Å². The van der Waals surface area contributed by atoms with Crippen molar-refractivity contribution in [1.29, 1.82) is 0 Å². The van der Waals surface area contributed by atoms with Gasteiger partial charge in [-0.05, 0) is 43.9 Å². The third-order valence-corrected chi connectivity index (χ3v) is 5.72. The predicted octanol–water partition coefficient (Wildman–Crippen LogP) is 3.15. The normalized spacial score (nSPS) is 15.2. The molecule has 1 unspecified atom stereocenters. The Morgan fingerprint density at radius 2 is 2.03 bits per heavy atom. The zero-order valence-electron chi connectivity index (χ0n) is 16.7. The van der Waals surface area contributed by atoms with Gasteiger partial charge in [-0.25, -0.2) is 9.78 Å². The number of nitrogens with one attached hydrogen (secondary N) is 2. The third-order valence-electron chi connectivity index (χ3n) is 4.68. The fourth-order valence-corrected chi connectivity index (χ4v) is 4.29. The van der Waals surface area contributed by atoms with Gasteiger partial charge in [0.05, 0.1) is 32.4 Å². The second kappa shape index (κ2) is 9.60. The molecule has 0 spiro atoms. The highest BCUT2D eigenvalue weighted by Crippen LogP contribution is 2.33. The number of aromatic nitrogens is 1. The number of methoxy groups -OCH3 is 2. The van der Waals surface area contributed by atoms with E-state index in [0.29, 0.717) is 42.6 Å². The molecule has 1 aliphatic rings. The molecule has 3 rings (SSSR count). The minimum atomic E-state index is -0.340. The molecule has 9 heteroatoms. The van der Waals surface area contributed by atoms with E-state index in [1.807, 2.05) is 19.1 Å². The van der Waals surface area contributed by atoms with E-state index in [4.69, 9.17) is 14.2 Å². The average molecular weight is 420 g/mol. The van der Waals surface area contributed by atoms with Gasteiger partial charge in [-0.2, -0.15) is 0 Å². The quantitative estimate of drug-likeness (QED) is 0.669. The smallest absolute Gasteiger partial charge is 0.321 e. The van der Waals surface area contributed by atoms with Gasteiger partial charge >= 0.3 is 12.0 Å². The topological polar surface area (TPSA) is 98.8 Å². The number of ether oxygens (including phenoxy) is 3. The number of nitrogens with zero attached hydrogens (tertiary/aromatic N) is 1. The maximum atomic E-state index is 12.2. The maximum absolute atomic E-state index is 12.2. The number of aryl methyl sites for hydroxylation is 1. The lowest BCUT2D eigenvalue weighted by atomic mass is 9.91. The van der Waals surface area contributed by atoms with E-state index in [9.17, 15) is 9.59 Å². The van der Waals surface area contributed by atoms with Crippen LogP contribution in [0.2, 0.25) is 0 Å². The highest BCUT2D eigenvalue weighted by Gasteiger charge is 2.28. The number of hydrogen-bond acceptors (Lipinski definition) is 7. The summed E-state index contributed by atoms with van der Waals surface area (Å²) in [6.07, 6.45) is 2.05. The van der Waals surface area contributed by atoms with Gasteiger partial charge < -0.3 is 19.5 Å². The Kier molecular flexibility index (Phi) is 6.92. The number of thiazole rings is 1. The molecule has 0 bridgehead atoms. The first-order chi connectivity index (χ1) is 14.0. The van der Waals surface area contributed by atoms with Crippen LogP contribution in [0.1, 0.15) is 29.5 Å². The molecule has 0 saturated carbocycles. The molecule has 156 valence electrons. The van der Waals surface area contributed by atoms with Crippen LogP contribution in [0, 0.1) is 5.92 Å². The zero-order chi connectivity index (χ0) is 20.8. The molecule has 0 fully saturated rings. The lowest BCUT2D eigenvalue weighted by Gasteiger charge is -2.18. The van der Waals surface area contributed by atoms with Crippen LogP contribution in [0.25, 0.3) is 0 Å². The van der Waals surface area contributed by atoms with Crippen LogP contribution < -0.4 is 20.1 Å². The lowest BCUT2D eigenvalue weighted by molar-refractivity contribution is -0.148. The molecule has 0 aliphatic heterocycles. The number of carbonyl (C=O) groups is 2. The molecule has 2 aromatic rings. The number of urea groups is 1. The fraction of sp³-hybridized carbons (Fsp3) is 0.450. The number of hydrogen-bond donors (Lipinski definition) is 2. The van der Waals surface area contributed by atoms with E-state index in [1.54, 1.807) is 20.3 Å². The molecule has 1 aromatic heterocycles. The summed E-state index contributed by atoms with van der Waals surface area (Å²) in [6, 6.07) is 5.13. The molecule has 1 atom stereocenters. The van der Waals surface area contributed by atoms with E-state index in [2.05, 4.69) is 15.6 Å². The molecular weight excluding hydrogens is 394 g/mol. The van der Waals surface area contributed by atoms with Gasteiger partial charge in [-0.15, -0.1) is 11.3 Å². The number of fused-ring (bicyclic) bond motifs is 1. The Labute approximate surface area is 173 Å². The summed E-state index contributed by atoms with van der Waals surface area (Å²) < 4.78 is 15.6. The lowest BCUT2D eigenvalue weighted by Crippen LogP contribution is -2.28. The SMILES string of the molecule is CCOC(=O)C1CCc2nc(NC(=O)NCc3ccc(OC)c(OC)c3)sc2C1. The Balaban J connectivity index is 1.55. The molecule has 0 saturated heterocycles. The van der Waals surface area contributed by atoms with E-state index < -0.39 is 0 Å². The van der Waals surface area contributed by atoms with Gasteiger partial charge in [-0.1, -0.05) is 6.07 Å². The first-order valence-corrected chi connectivity index (χ1v) is 10.3. The largest absolute Gasteiger partial charge is 0.493 e. The standard InChI is InChI=1S/C20H25N3O5S/c1-4-28-18(24)13-6-7-14-17(10-13)29-20(22-14)23-19(25)21-11-12-5-8-15(26-2)16(9-12)27-3/h5,8-9,13H,4,6-7,10-11H2,1-3H3,(H2,21,22,23,25). The average Bonchev–Trinajstić information content (AvgIpc) is 3.13. The van der Waals surface area contributed by atoms with Crippen molar-refractivity contribution >= 4 is 28.5 Å². The van der Waals surface area contributed by atoms with Crippen LogP contribution in [-0.2, 0) is 28.9 Å². The summed E-state index contributed by atoms with van der Waals surface area (Å²) in [4.78, 5) is 29.7. The summed E-state index contributed by atoms with van der Waals surface area (Å²) in [5, 5.41) is 6.11. The van der Waals surface area contributed by atoms with Crippen LogP contribution >= 0.6 is 11.3 Å². The van der Waals surface area contributed by atoms with Gasteiger partial charge in [0, 0.05) is 11.4 Å². The molecule has 2 amide bonds. The van der Waals surface area contributed by atoms with Gasteiger partial charge in [0.25, 0.3) is 0 Å². The van der Waals surface area contributed by atoms with E-state index in [0.717, 1.165) is 22.6 Å². The fourth-order valence-electron chi connectivity index (χ4n) is 3.20. The Hall–Kier alpha value is -2.81. The van der Waals surface area contributed by atoms with Crippen molar-refractivity contribution in [2.75, 3.05) is 26.1 Å². The Bertz CT molecular complexity index is 883. The first kappa shape index (κ1) is 20.9. The molecular formula is C20H25N3O5S. The Morgan fingerprint density at radius 3 is 2.76 bits per heavy atom. The highest BCUT2D eigenvalue weighted by atomic mass is 32.1. The summed E-state index contributed by atoms with van der Waals surface area (Å²) >= 11 is 1.41. The predicted molar refractivity (Wildman–Crippen MR) is 110 cm³/mol. The van der Waals surface area contributed by atoms with Crippen molar-refractivity contribution in [2.24, 2.45) is 5.92 Å². The number of rotatable bonds is 7. The highest BCUT2D eigenvalue weighted by molar-refractivity contribution is 7.15. The summed E-state index contributed by atoms with van der Waals surface area (Å²) in [5.74, 6) is 0.953. The number of carbonyl (C=O) groups excluding carboxylic acids is 2. The van der Waals surface area contributed by atoms with Crippen molar-refractivity contribution < 1.29 is 23.8 Å². The van der Waals surface area contributed by atoms with Crippen molar-refractivity contribution in [3.8, 4) is 11.5 Å². The molecule has 29 heavy (non-hydrogen) atoms. The van der Waals surface area contributed by atoms with E-state index in [1.165, 1.54) is 11.3 Å². The van der Waals surface area contributed by atoms with Crippen LogP contribution in [0.5, 0.6) is 11.5 Å². The van der Waals surface area contributed by atoms with Crippen molar-refractivity contribution in [2.45, 2.75) is 32.7 Å². The summed E-state index contributed by atoms with van der Waals surface area (Å²) in [5.41, 5.74) is 1.83. The van der Waals surface area contributed by atoms with Crippen molar-refractivity contribution in [3.63, 3.8) is 0 Å². The number of anilines is 1.